The van der Waals surface area contributed by atoms with E-state index in [0.29, 0.717) is 0 Å². The van der Waals surface area contributed by atoms with Crippen LogP contribution in [0.5, 0.6) is 0 Å². The van der Waals surface area contributed by atoms with Crippen molar-refractivity contribution in [1.29, 1.82) is 0 Å². The van der Waals surface area contributed by atoms with Gasteiger partial charge in [-0.15, -0.1) is 0 Å². The van der Waals surface area contributed by atoms with Crippen molar-refractivity contribution >= 4 is 27.8 Å². The zero-order valence-corrected chi connectivity index (χ0v) is 25.0. The van der Waals surface area contributed by atoms with E-state index in [2.05, 4.69) is 183 Å². The average molecular weight is 564 g/mol. The third-order valence-electron chi connectivity index (χ3n) is 9.23. The molecule has 0 spiro atoms. The van der Waals surface area contributed by atoms with Crippen LogP contribution < -0.4 is 4.90 Å². The van der Waals surface area contributed by atoms with Crippen molar-refractivity contribution in [3.8, 4) is 33.4 Å². The van der Waals surface area contributed by atoms with Gasteiger partial charge in [-0.25, -0.2) is 0 Å². The minimum absolute atomic E-state index is 0.139. The van der Waals surface area contributed by atoms with Gasteiger partial charge in [0.2, 0.25) is 0 Å². The third kappa shape index (κ3) is 4.24. The van der Waals surface area contributed by atoms with Gasteiger partial charge >= 0.3 is 0 Å². The third-order valence-corrected chi connectivity index (χ3v) is 9.23. The second-order valence-corrected chi connectivity index (χ2v) is 12.2. The van der Waals surface area contributed by atoms with Crippen LogP contribution in [0.25, 0.3) is 44.2 Å². The highest BCUT2D eigenvalue weighted by Crippen LogP contribution is 2.54. The van der Waals surface area contributed by atoms with E-state index >= 15 is 0 Å². The van der Waals surface area contributed by atoms with Crippen molar-refractivity contribution < 1.29 is 0 Å². The molecule has 1 heteroatoms. The molecule has 0 amide bonds. The SMILES string of the molecule is CC1(C)c2cc(N(c3ccccc3)c3cc4ccccc4cc3-c3ccccc3)ccc2-c2c(-c3ccccc3)cccc21. The summed E-state index contributed by atoms with van der Waals surface area (Å²) in [4.78, 5) is 2.44. The fraction of sp³-hybridized carbons (Fsp3) is 0.0698. The van der Waals surface area contributed by atoms with Gasteiger partial charge in [0.15, 0.2) is 0 Å². The molecule has 1 aliphatic rings. The van der Waals surface area contributed by atoms with Crippen LogP contribution in [-0.2, 0) is 5.41 Å². The summed E-state index contributed by atoms with van der Waals surface area (Å²) in [5.41, 5.74) is 13.7. The smallest absolute Gasteiger partial charge is 0.0546 e. The first kappa shape index (κ1) is 26.2. The van der Waals surface area contributed by atoms with Crippen molar-refractivity contribution in [1.82, 2.24) is 0 Å². The lowest BCUT2D eigenvalue weighted by Crippen LogP contribution is -2.17. The summed E-state index contributed by atoms with van der Waals surface area (Å²) in [6.07, 6.45) is 0. The Morgan fingerprint density at radius 3 is 1.68 bits per heavy atom. The first-order valence-electron chi connectivity index (χ1n) is 15.4. The van der Waals surface area contributed by atoms with E-state index in [0.717, 1.165) is 11.4 Å². The normalized spacial score (nSPS) is 13.0. The molecule has 0 N–H and O–H groups in total. The molecule has 0 radical (unpaired) electrons. The molecule has 7 aromatic rings. The average Bonchev–Trinajstić information content (AvgIpc) is 3.32. The Morgan fingerprint density at radius 2 is 1.00 bits per heavy atom. The highest BCUT2D eigenvalue weighted by atomic mass is 15.1. The molecule has 210 valence electrons. The van der Waals surface area contributed by atoms with Crippen LogP contribution in [0.15, 0.2) is 164 Å². The van der Waals surface area contributed by atoms with Crippen LogP contribution in [0.4, 0.5) is 17.1 Å². The Kier molecular flexibility index (Phi) is 6.20. The summed E-state index contributed by atoms with van der Waals surface area (Å²) < 4.78 is 0. The van der Waals surface area contributed by atoms with Crippen molar-refractivity contribution in [2.24, 2.45) is 0 Å². The highest BCUT2D eigenvalue weighted by Gasteiger charge is 2.37. The molecule has 0 bridgehead atoms. The zero-order chi connectivity index (χ0) is 29.7. The van der Waals surface area contributed by atoms with E-state index in [1.165, 1.54) is 61.0 Å². The van der Waals surface area contributed by atoms with Gasteiger partial charge in [-0.2, -0.15) is 0 Å². The maximum Gasteiger partial charge on any atom is 0.0546 e. The second kappa shape index (κ2) is 10.4. The van der Waals surface area contributed by atoms with E-state index < -0.39 is 0 Å². The van der Waals surface area contributed by atoms with E-state index in [-0.39, 0.29) is 5.41 Å². The van der Waals surface area contributed by atoms with Crippen molar-refractivity contribution in [2.75, 3.05) is 4.90 Å². The van der Waals surface area contributed by atoms with Crippen LogP contribution in [0.3, 0.4) is 0 Å². The van der Waals surface area contributed by atoms with Gasteiger partial charge in [-0.3, -0.25) is 0 Å². The Labute approximate surface area is 259 Å². The lowest BCUT2D eigenvalue weighted by molar-refractivity contribution is 0.660. The zero-order valence-electron chi connectivity index (χ0n) is 25.0. The van der Waals surface area contributed by atoms with Gasteiger partial charge in [0.1, 0.15) is 0 Å². The number of benzene rings is 7. The molecule has 0 unspecified atom stereocenters. The molecule has 8 rings (SSSR count). The highest BCUT2D eigenvalue weighted by molar-refractivity contribution is 5.99. The number of para-hydroxylation sites is 1. The Bertz CT molecular complexity index is 2130. The molecule has 7 aromatic carbocycles. The number of rotatable bonds is 5. The summed E-state index contributed by atoms with van der Waals surface area (Å²) >= 11 is 0. The predicted molar refractivity (Wildman–Crippen MR) is 187 cm³/mol. The van der Waals surface area contributed by atoms with Gasteiger partial charge in [0.05, 0.1) is 5.69 Å². The largest absolute Gasteiger partial charge is 0.310 e. The second-order valence-electron chi connectivity index (χ2n) is 12.2. The maximum atomic E-state index is 2.44. The van der Waals surface area contributed by atoms with Crippen LogP contribution in [0.1, 0.15) is 25.0 Å². The van der Waals surface area contributed by atoms with Gasteiger partial charge in [0.25, 0.3) is 0 Å². The van der Waals surface area contributed by atoms with Gasteiger partial charge < -0.3 is 4.90 Å². The number of hydrogen-bond acceptors (Lipinski definition) is 1. The molecule has 0 atom stereocenters. The molecular weight excluding hydrogens is 530 g/mol. The molecule has 44 heavy (non-hydrogen) atoms. The topological polar surface area (TPSA) is 3.24 Å². The van der Waals surface area contributed by atoms with Crippen LogP contribution in [0, 0.1) is 0 Å². The van der Waals surface area contributed by atoms with Gasteiger partial charge in [-0.1, -0.05) is 141 Å². The maximum absolute atomic E-state index is 2.44. The molecule has 1 nitrogen and oxygen atoms in total. The summed E-state index contributed by atoms with van der Waals surface area (Å²) in [6.45, 7) is 4.74. The fourth-order valence-electron chi connectivity index (χ4n) is 7.04. The van der Waals surface area contributed by atoms with Crippen LogP contribution in [-0.4, -0.2) is 0 Å². The van der Waals surface area contributed by atoms with E-state index in [1.54, 1.807) is 0 Å². The number of nitrogens with zero attached hydrogens (tertiary/aromatic N) is 1. The van der Waals surface area contributed by atoms with E-state index in [9.17, 15) is 0 Å². The fourth-order valence-corrected chi connectivity index (χ4v) is 7.04. The van der Waals surface area contributed by atoms with E-state index in [1.807, 2.05) is 0 Å². The number of anilines is 3. The van der Waals surface area contributed by atoms with Gasteiger partial charge in [-0.05, 0) is 86.1 Å². The minimum atomic E-state index is -0.139. The summed E-state index contributed by atoms with van der Waals surface area (Å²) in [6, 6.07) is 59.6. The molecule has 0 saturated carbocycles. The monoisotopic (exact) mass is 563 g/mol. The number of fused-ring (bicyclic) bond motifs is 4. The Balaban J connectivity index is 1.37. The first-order chi connectivity index (χ1) is 21.6. The van der Waals surface area contributed by atoms with Crippen molar-refractivity contribution in [3.63, 3.8) is 0 Å². The summed E-state index contributed by atoms with van der Waals surface area (Å²) in [7, 11) is 0. The minimum Gasteiger partial charge on any atom is -0.310 e. The molecule has 0 fully saturated rings. The van der Waals surface area contributed by atoms with Crippen LogP contribution >= 0.6 is 0 Å². The lowest BCUT2D eigenvalue weighted by atomic mass is 9.81. The van der Waals surface area contributed by atoms with Crippen molar-refractivity contribution in [3.05, 3.63) is 175 Å². The molecule has 0 saturated heterocycles. The number of hydrogen-bond donors (Lipinski definition) is 0. The molecular formula is C43H33N. The molecule has 0 heterocycles. The lowest BCUT2D eigenvalue weighted by Gasteiger charge is -2.30. The quantitative estimate of drug-likeness (QED) is 0.201. The Morgan fingerprint density at radius 1 is 0.409 bits per heavy atom. The van der Waals surface area contributed by atoms with Gasteiger partial charge in [0, 0.05) is 22.4 Å². The van der Waals surface area contributed by atoms with Crippen molar-refractivity contribution in [2.45, 2.75) is 19.3 Å². The van der Waals surface area contributed by atoms with Crippen LogP contribution in [0.2, 0.25) is 0 Å². The standard InChI is InChI=1S/C43H33N/c1-43(2)39-24-14-23-36(30-15-6-3-7-16-30)42(39)37-26-25-35(29-40(37)43)44(34-21-10-5-11-22-34)41-28-33-20-13-12-19-32(33)27-38(41)31-17-8-4-9-18-31/h3-29H,1-2H3. The molecule has 1 aliphatic carbocycles. The predicted octanol–water partition coefficient (Wildman–Crippen LogP) is 11.9. The molecule has 0 aromatic heterocycles. The summed E-state index contributed by atoms with van der Waals surface area (Å²) in [5.74, 6) is 0. The van der Waals surface area contributed by atoms with E-state index in [4.69, 9.17) is 0 Å². The Hall–Kier alpha value is -5.40. The summed E-state index contributed by atoms with van der Waals surface area (Å²) in [5, 5.41) is 2.46. The molecule has 0 aliphatic heterocycles. The first-order valence-corrected chi connectivity index (χ1v) is 15.4.